The number of nitrogens with zero attached hydrogens (tertiary/aromatic N) is 2. The Morgan fingerprint density at radius 1 is 1.03 bits per heavy atom. The van der Waals surface area contributed by atoms with E-state index in [4.69, 9.17) is 9.47 Å². The molecule has 0 aliphatic carbocycles. The zero-order valence-electron chi connectivity index (χ0n) is 20.8. The standard InChI is InChI=1S/C26H29N3O6S2/c1-18(2)29(37(32,33)23-9-7-21(8-10-23)27-19(3)30)16-26(31)28(15-22-5-4-12-36-22)14-20-6-11-24-25(13-20)35-17-34-24/h4-13,18H,14-17H2,1-3H3,(H,27,30). The van der Waals surface area contributed by atoms with Crippen LogP contribution in [0.5, 0.6) is 11.5 Å². The third-order valence-corrected chi connectivity index (χ3v) is 8.64. The number of rotatable bonds is 10. The summed E-state index contributed by atoms with van der Waals surface area (Å²) in [5.74, 6) is 0.702. The molecule has 2 heterocycles. The van der Waals surface area contributed by atoms with Gasteiger partial charge in [-0.2, -0.15) is 4.31 Å². The Morgan fingerprint density at radius 2 is 1.76 bits per heavy atom. The molecule has 2 amide bonds. The van der Waals surface area contributed by atoms with Crippen molar-refractivity contribution >= 4 is 38.9 Å². The number of nitrogens with one attached hydrogen (secondary N) is 1. The number of ether oxygens (including phenoxy) is 2. The number of hydrogen-bond donors (Lipinski definition) is 1. The van der Waals surface area contributed by atoms with Gasteiger partial charge in [-0.05, 0) is 67.3 Å². The van der Waals surface area contributed by atoms with Crippen LogP contribution in [0, 0.1) is 0 Å². The average molecular weight is 544 g/mol. The van der Waals surface area contributed by atoms with Gasteiger partial charge in [-0.25, -0.2) is 8.42 Å². The fourth-order valence-electron chi connectivity index (χ4n) is 3.91. The minimum absolute atomic E-state index is 0.0451. The normalized spacial score (nSPS) is 12.7. The van der Waals surface area contributed by atoms with E-state index in [1.54, 1.807) is 24.8 Å². The van der Waals surface area contributed by atoms with Gasteiger partial charge in [0, 0.05) is 30.1 Å². The Balaban J connectivity index is 1.56. The molecule has 0 radical (unpaired) electrons. The summed E-state index contributed by atoms with van der Waals surface area (Å²) in [6.07, 6.45) is 0. The van der Waals surface area contributed by atoms with E-state index < -0.39 is 16.1 Å². The molecular weight excluding hydrogens is 514 g/mol. The fourth-order valence-corrected chi connectivity index (χ4v) is 6.22. The Hall–Kier alpha value is -3.41. The smallest absolute Gasteiger partial charge is 0.243 e. The van der Waals surface area contributed by atoms with Crippen LogP contribution in [0.25, 0.3) is 0 Å². The molecule has 0 fully saturated rings. The molecule has 9 nitrogen and oxygen atoms in total. The molecule has 0 unspecified atom stereocenters. The zero-order chi connectivity index (χ0) is 26.6. The largest absolute Gasteiger partial charge is 0.454 e. The summed E-state index contributed by atoms with van der Waals surface area (Å²) in [6.45, 7) is 5.32. The molecular formula is C26H29N3O6S2. The first-order valence-corrected chi connectivity index (χ1v) is 14.0. The van der Waals surface area contributed by atoms with Crippen LogP contribution in [-0.2, 0) is 32.7 Å². The maximum atomic E-state index is 13.6. The number of carbonyl (C=O) groups excluding carboxylic acids is 2. The second-order valence-corrected chi connectivity index (χ2v) is 11.8. The van der Waals surface area contributed by atoms with Gasteiger partial charge in [0.2, 0.25) is 28.6 Å². The Labute approximate surface area is 220 Å². The molecule has 1 aliphatic rings. The van der Waals surface area contributed by atoms with Crippen LogP contribution in [0.15, 0.2) is 64.9 Å². The predicted octanol–water partition coefficient (Wildman–Crippen LogP) is 4.06. The molecule has 2 aromatic carbocycles. The van der Waals surface area contributed by atoms with Gasteiger partial charge in [0.05, 0.1) is 18.0 Å². The van der Waals surface area contributed by atoms with Crippen LogP contribution >= 0.6 is 11.3 Å². The molecule has 4 rings (SSSR count). The summed E-state index contributed by atoms with van der Waals surface area (Å²) < 4.78 is 39.1. The lowest BCUT2D eigenvalue weighted by atomic mass is 10.2. The third-order valence-electron chi connectivity index (χ3n) is 5.74. The highest BCUT2D eigenvalue weighted by Crippen LogP contribution is 2.33. The van der Waals surface area contributed by atoms with Crippen LogP contribution in [-0.4, -0.2) is 48.8 Å². The summed E-state index contributed by atoms with van der Waals surface area (Å²) in [7, 11) is -3.98. The molecule has 11 heteroatoms. The van der Waals surface area contributed by atoms with Crippen molar-refractivity contribution in [1.29, 1.82) is 0 Å². The van der Waals surface area contributed by atoms with Gasteiger partial charge in [0.25, 0.3) is 0 Å². The number of hydrogen-bond acceptors (Lipinski definition) is 7. The van der Waals surface area contributed by atoms with Gasteiger partial charge in [-0.15, -0.1) is 11.3 Å². The molecule has 1 aliphatic heterocycles. The number of sulfonamides is 1. The number of amides is 2. The maximum Gasteiger partial charge on any atom is 0.243 e. The van der Waals surface area contributed by atoms with Gasteiger partial charge >= 0.3 is 0 Å². The number of fused-ring (bicyclic) bond motifs is 1. The second-order valence-electron chi connectivity index (χ2n) is 8.87. The van der Waals surface area contributed by atoms with Gasteiger partial charge < -0.3 is 19.7 Å². The summed E-state index contributed by atoms with van der Waals surface area (Å²) in [4.78, 5) is 27.6. The average Bonchev–Trinajstić information content (AvgIpc) is 3.53. The molecule has 1 N–H and O–H groups in total. The summed E-state index contributed by atoms with van der Waals surface area (Å²) in [6, 6.07) is 14.8. The topological polar surface area (TPSA) is 105 Å². The SMILES string of the molecule is CC(=O)Nc1ccc(S(=O)(=O)N(CC(=O)N(Cc2ccc3c(c2)OCO3)Cc2cccs2)C(C)C)cc1. The van der Waals surface area contributed by atoms with Gasteiger partial charge in [0.15, 0.2) is 11.5 Å². The molecule has 1 aromatic heterocycles. The van der Waals surface area contributed by atoms with Crippen molar-refractivity contribution in [2.45, 2.75) is 44.8 Å². The second kappa shape index (κ2) is 11.3. The van der Waals surface area contributed by atoms with Crippen molar-refractivity contribution in [3.63, 3.8) is 0 Å². The summed E-state index contributed by atoms with van der Waals surface area (Å²) >= 11 is 1.53. The van der Waals surface area contributed by atoms with Crippen molar-refractivity contribution < 1.29 is 27.5 Å². The van der Waals surface area contributed by atoms with E-state index in [9.17, 15) is 18.0 Å². The van der Waals surface area contributed by atoms with Crippen LogP contribution < -0.4 is 14.8 Å². The minimum atomic E-state index is -3.98. The van der Waals surface area contributed by atoms with Gasteiger partial charge in [-0.3, -0.25) is 9.59 Å². The molecule has 0 saturated heterocycles. The quantitative estimate of drug-likeness (QED) is 0.414. The van der Waals surface area contributed by atoms with Crippen molar-refractivity contribution in [3.05, 3.63) is 70.4 Å². The fraction of sp³-hybridized carbons (Fsp3) is 0.308. The van der Waals surface area contributed by atoms with E-state index in [0.717, 1.165) is 10.4 Å². The Bertz CT molecular complexity index is 1360. The molecule has 0 bridgehead atoms. The number of thiophene rings is 1. The highest BCUT2D eigenvalue weighted by atomic mass is 32.2. The maximum absolute atomic E-state index is 13.6. The number of anilines is 1. The van der Waals surface area contributed by atoms with E-state index in [0.29, 0.717) is 23.7 Å². The van der Waals surface area contributed by atoms with Crippen LogP contribution in [0.3, 0.4) is 0 Å². The van der Waals surface area contributed by atoms with E-state index in [1.807, 2.05) is 29.6 Å². The van der Waals surface area contributed by atoms with Crippen molar-refractivity contribution in [1.82, 2.24) is 9.21 Å². The van der Waals surface area contributed by atoms with Gasteiger partial charge in [0.1, 0.15) is 0 Å². The first-order chi connectivity index (χ1) is 17.6. The number of carbonyl (C=O) groups is 2. The summed E-state index contributed by atoms with van der Waals surface area (Å²) in [5.41, 5.74) is 1.34. The van der Waals surface area contributed by atoms with E-state index >= 15 is 0 Å². The third kappa shape index (κ3) is 6.48. The minimum Gasteiger partial charge on any atom is -0.454 e. The van der Waals surface area contributed by atoms with Crippen molar-refractivity contribution in [2.75, 3.05) is 18.7 Å². The first kappa shape index (κ1) is 26.6. The molecule has 0 atom stereocenters. The lowest BCUT2D eigenvalue weighted by Crippen LogP contribution is -2.45. The van der Waals surface area contributed by atoms with Crippen LogP contribution in [0.4, 0.5) is 5.69 Å². The molecule has 196 valence electrons. The summed E-state index contributed by atoms with van der Waals surface area (Å²) in [5, 5.41) is 4.56. The predicted molar refractivity (Wildman–Crippen MR) is 141 cm³/mol. The Morgan fingerprint density at radius 3 is 2.41 bits per heavy atom. The lowest BCUT2D eigenvalue weighted by Gasteiger charge is -2.29. The highest BCUT2D eigenvalue weighted by Gasteiger charge is 2.31. The molecule has 0 spiro atoms. The van der Waals surface area contributed by atoms with E-state index in [-0.39, 0.29) is 36.6 Å². The molecule has 3 aromatic rings. The monoisotopic (exact) mass is 543 g/mol. The number of benzene rings is 2. The lowest BCUT2D eigenvalue weighted by molar-refractivity contribution is -0.132. The Kier molecular flexibility index (Phi) is 8.16. The zero-order valence-corrected chi connectivity index (χ0v) is 22.5. The highest BCUT2D eigenvalue weighted by molar-refractivity contribution is 7.89. The van der Waals surface area contributed by atoms with Crippen LogP contribution in [0.1, 0.15) is 31.2 Å². The van der Waals surface area contributed by atoms with Crippen LogP contribution in [0.2, 0.25) is 0 Å². The first-order valence-electron chi connectivity index (χ1n) is 11.7. The molecule has 37 heavy (non-hydrogen) atoms. The van der Waals surface area contributed by atoms with Crippen molar-refractivity contribution in [2.24, 2.45) is 0 Å². The van der Waals surface area contributed by atoms with E-state index in [2.05, 4.69) is 5.32 Å². The van der Waals surface area contributed by atoms with E-state index in [1.165, 1.54) is 46.8 Å². The van der Waals surface area contributed by atoms with Gasteiger partial charge in [-0.1, -0.05) is 12.1 Å². The van der Waals surface area contributed by atoms with Crippen molar-refractivity contribution in [3.8, 4) is 11.5 Å². The molecule has 0 saturated carbocycles.